The number of pyridine rings is 1. The van der Waals surface area contributed by atoms with Gasteiger partial charge in [-0.05, 0) is 18.9 Å². The van der Waals surface area contributed by atoms with Crippen LogP contribution in [0.3, 0.4) is 0 Å². The van der Waals surface area contributed by atoms with Gasteiger partial charge in [-0.1, -0.05) is 0 Å². The Morgan fingerprint density at radius 3 is 2.61 bits per heavy atom. The summed E-state index contributed by atoms with van der Waals surface area (Å²) in [5.74, 6) is 0.641. The molecule has 0 spiro atoms. The van der Waals surface area contributed by atoms with Gasteiger partial charge in [0.15, 0.2) is 0 Å². The lowest BCUT2D eigenvalue weighted by molar-refractivity contribution is 0.0328. The van der Waals surface area contributed by atoms with Crippen LogP contribution in [0.4, 0.5) is 11.4 Å². The summed E-state index contributed by atoms with van der Waals surface area (Å²) in [5, 5.41) is 3.50. The van der Waals surface area contributed by atoms with E-state index in [1.165, 1.54) is 0 Å². The molecule has 1 heterocycles. The zero-order valence-electron chi connectivity index (χ0n) is 11.4. The smallest absolute Gasteiger partial charge is 0.239 e. The molecule has 1 fully saturated rings. The molecule has 0 unspecified atom stereocenters. The van der Waals surface area contributed by atoms with Crippen LogP contribution in [0.5, 0.6) is 5.88 Å². The summed E-state index contributed by atoms with van der Waals surface area (Å²) in [6.07, 6.45) is 4.20. The Hall–Kier alpha value is -1.49. The van der Waals surface area contributed by atoms with Crippen LogP contribution >= 0.6 is 0 Å². The molecule has 100 valence electrons. The van der Waals surface area contributed by atoms with E-state index in [9.17, 15) is 0 Å². The molecule has 0 atom stereocenters. The minimum absolute atomic E-state index is 0.382. The van der Waals surface area contributed by atoms with Crippen LogP contribution in [-0.4, -0.2) is 45.4 Å². The molecule has 1 aromatic heterocycles. The number of methoxy groups -OCH3 is 2. The Kier molecular flexibility index (Phi) is 3.91. The molecule has 0 aliphatic heterocycles. The third kappa shape index (κ3) is 2.51. The molecule has 1 aromatic rings. The van der Waals surface area contributed by atoms with Gasteiger partial charge in [0.2, 0.25) is 5.88 Å². The lowest BCUT2D eigenvalue weighted by atomic mass is 9.89. The molecule has 5 nitrogen and oxygen atoms in total. The molecular formula is C13H21N3O2. The van der Waals surface area contributed by atoms with E-state index in [2.05, 4.69) is 15.2 Å². The maximum Gasteiger partial charge on any atom is 0.239 e. The van der Waals surface area contributed by atoms with Gasteiger partial charge in [0.05, 0.1) is 18.9 Å². The van der Waals surface area contributed by atoms with Gasteiger partial charge >= 0.3 is 0 Å². The van der Waals surface area contributed by atoms with E-state index < -0.39 is 0 Å². The van der Waals surface area contributed by atoms with E-state index in [1.807, 2.05) is 20.2 Å². The Morgan fingerprint density at radius 2 is 2.06 bits per heavy atom. The molecule has 5 heteroatoms. The topological polar surface area (TPSA) is 46.6 Å². The highest BCUT2D eigenvalue weighted by Crippen LogP contribution is 2.36. The first kappa shape index (κ1) is 13.0. The number of nitrogens with one attached hydrogen (secondary N) is 1. The standard InChI is InChI=1S/C13H21N3O2/c1-16(2)11-5-6-14-13(18-4)12(11)15-9-7-10(8-9)17-3/h5-6,9-10,15H,7-8H2,1-4H3. The summed E-state index contributed by atoms with van der Waals surface area (Å²) >= 11 is 0. The van der Waals surface area contributed by atoms with E-state index in [0.29, 0.717) is 18.0 Å². The normalized spacial score (nSPS) is 22.2. The molecule has 0 saturated heterocycles. The predicted molar refractivity (Wildman–Crippen MR) is 72.6 cm³/mol. The van der Waals surface area contributed by atoms with Gasteiger partial charge < -0.3 is 19.7 Å². The third-order valence-electron chi connectivity index (χ3n) is 3.35. The number of nitrogens with zero attached hydrogens (tertiary/aromatic N) is 2. The average molecular weight is 251 g/mol. The minimum Gasteiger partial charge on any atom is -0.479 e. The van der Waals surface area contributed by atoms with Crippen LogP contribution in [0, 0.1) is 0 Å². The molecule has 0 aromatic carbocycles. The van der Waals surface area contributed by atoms with Crippen molar-refractivity contribution in [3.8, 4) is 5.88 Å². The lowest BCUT2D eigenvalue weighted by Crippen LogP contribution is -2.40. The van der Waals surface area contributed by atoms with Crippen molar-refractivity contribution in [2.75, 3.05) is 38.5 Å². The fourth-order valence-corrected chi connectivity index (χ4v) is 2.18. The van der Waals surface area contributed by atoms with Gasteiger partial charge in [-0.3, -0.25) is 0 Å². The number of ether oxygens (including phenoxy) is 2. The van der Waals surface area contributed by atoms with Crippen molar-refractivity contribution in [1.29, 1.82) is 0 Å². The first-order valence-electron chi connectivity index (χ1n) is 6.15. The van der Waals surface area contributed by atoms with Crippen molar-refractivity contribution in [3.05, 3.63) is 12.3 Å². The lowest BCUT2D eigenvalue weighted by Gasteiger charge is -2.36. The van der Waals surface area contributed by atoms with E-state index in [0.717, 1.165) is 24.2 Å². The maximum atomic E-state index is 5.33. The number of hydrogen-bond donors (Lipinski definition) is 1. The molecule has 1 saturated carbocycles. The summed E-state index contributed by atoms with van der Waals surface area (Å²) in [7, 11) is 7.43. The molecule has 1 aliphatic rings. The Morgan fingerprint density at radius 1 is 1.33 bits per heavy atom. The summed E-state index contributed by atoms with van der Waals surface area (Å²) in [5.41, 5.74) is 2.05. The number of rotatable bonds is 5. The maximum absolute atomic E-state index is 5.33. The molecule has 0 bridgehead atoms. The SMILES string of the molecule is COc1nccc(N(C)C)c1NC1CC(OC)C1. The monoisotopic (exact) mass is 251 g/mol. The fraction of sp³-hybridized carbons (Fsp3) is 0.615. The highest BCUT2D eigenvalue weighted by atomic mass is 16.5. The molecule has 1 aliphatic carbocycles. The fourth-order valence-electron chi connectivity index (χ4n) is 2.18. The van der Waals surface area contributed by atoms with Crippen molar-refractivity contribution in [2.45, 2.75) is 25.0 Å². The van der Waals surface area contributed by atoms with Crippen molar-refractivity contribution in [2.24, 2.45) is 0 Å². The van der Waals surface area contributed by atoms with E-state index in [4.69, 9.17) is 9.47 Å². The summed E-state index contributed by atoms with van der Waals surface area (Å²) in [6.45, 7) is 0. The van der Waals surface area contributed by atoms with Crippen molar-refractivity contribution >= 4 is 11.4 Å². The second-order valence-electron chi connectivity index (χ2n) is 4.78. The molecule has 18 heavy (non-hydrogen) atoms. The number of anilines is 2. The summed E-state index contributed by atoms with van der Waals surface area (Å²) in [4.78, 5) is 6.30. The van der Waals surface area contributed by atoms with Crippen LogP contribution in [-0.2, 0) is 4.74 Å². The number of aromatic nitrogens is 1. The van der Waals surface area contributed by atoms with Crippen LogP contribution in [0.15, 0.2) is 12.3 Å². The second kappa shape index (κ2) is 5.44. The van der Waals surface area contributed by atoms with Gasteiger partial charge in [-0.25, -0.2) is 4.98 Å². The summed E-state index contributed by atoms with van der Waals surface area (Å²) in [6, 6.07) is 2.42. The molecular weight excluding hydrogens is 230 g/mol. The quantitative estimate of drug-likeness (QED) is 0.863. The van der Waals surface area contributed by atoms with Gasteiger partial charge in [0.25, 0.3) is 0 Å². The largest absolute Gasteiger partial charge is 0.479 e. The Bertz CT molecular complexity index is 403. The Labute approximate surface area is 108 Å². The van der Waals surface area contributed by atoms with Crippen LogP contribution in [0.25, 0.3) is 0 Å². The van der Waals surface area contributed by atoms with Crippen LogP contribution < -0.4 is 15.0 Å². The predicted octanol–water partition coefficient (Wildman–Crippen LogP) is 1.75. The minimum atomic E-state index is 0.382. The first-order valence-corrected chi connectivity index (χ1v) is 6.15. The highest BCUT2D eigenvalue weighted by molar-refractivity contribution is 5.74. The van der Waals surface area contributed by atoms with Gasteiger partial charge in [-0.15, -0.1) is 0 Å². The average Bonchev–Trinajstić information content (AvgIpc) is 2.32. The van der Waals surface area contributed by atoms with E-state index >= 15 is 0 Å². The van der Waals surface area contributed by atoms with Gasteiger partial charge in [-0.2, -0.15) is 0 Å². The van der Waals surface area contributed by atoms with Crippen molar-refractivity contribution < 1.29 is 9.47 Å². The second-order valence-corrected chi connectivity index (χ2v) is 4.78. The highest BCUT2D eigenvalue weighted by Gasteiger charge is 2.30. The summed E-state index contributed by atoms with van der Waals surface area (Å²) < 4.78 is 10.6. The van der Waals surface area contributed by atoms with Crippen LogP contribution in [0.1, 0.15) is 12.8 Å². The first-order chi connectivity index (χ1) is 8.65. The molecule has 0 radical (unpaired) electrons. The van der Waals surface area contributed by atoms with Gasteiger partial charge in [0.1, 0.15) is 5.69 Å². The molecule has 1 N–H and O–H groups in total. The molecule has 2 rings (SSSR count). The number of hydrogen-bond acceptors (Lipinski definition) is 5. The van der Waals surface area contributed by atoms with Crippen LogP contribution in [0.2, 0.25) is 0 Å². The Balaban J connectivity index is 2.15. The zero-order chi connectivity index (χ0) is 13.1. The van der Waals surface area contributed by atoms with Crippen molar-refractivity contribution in [3.63, 3.8) is 0 Å². The van der Waals surface area contributed by atoms with Gasteiger partial charge in [0, 0.05) is 33.4 Å². The third-order valence-corrected chi connectivity index (χ3v) is 3.35. The zero-order valence-corrected chi connectivity index (χ0v) is 11.4. The van der Waals surface area contributed by atoms with E-state index in [-0.39, 0.29) is 0 Å². The van der Waals surface area contributed by atoms with Crippen molar-refractivity contribution in [1.82, 2.24) is 4.98 Å². The molecule has 0 amide bonds. The van der Waals surface area contributed by atoms with E-state index in [1.54, 1.807) is 20.4 Å².